The minimum atomic E-state index is -0.510. The van der Waals surface area contributed by atoms with Crippen LogP contribution in [0.3, 0.4) is 0 Å². The first-order valence-corrected chi connectivity index (χ1v) is 7.97. The highest BCUT2D eigenvalue weighted by molar-refractivity contribution is 6.32. The second kappa shape index (κ2) is 7.59. The quantitative estimate of drug-likeness (QED) is 0.913. The lowest BCUT2D eigenvalue weighted by molar-refractivity contribution is 0.0238. The van der Waals surface area contributed by atoms with Gasteiger partial charge in [0.25, 0.3) is 5.91 Å². The summed E-state index contributed by atoms with van der Waals surface area (Å²) in [6.07, 6.45) is 2.90. The fourth-order valence-electron chi connectivity index (χ4n) is 2.35. The van der Waals surface area contributed by atoms with Crippen molar-refractivity contribution in [3.05, 3.63) is 52.9 Å². The van der Waals surface area contributed by atoms with Crippen LogP contribution in [0.15, 0.2) is 36.5 Å². The van der Waals surface area contributed by atoms with E-state index in [4.69, 9.17) is 21.1 Å². The van der Waals surface area contributed by atoms with Crippen molar-refractivity contribution in [2.24, 2.45) is 0 Å². The van der Waals surface area contributed by atoms with Crippen molar-refractivity contribution < 1.29 is 18.7 Å². The molecular weight excluding hydrogens is 335 g/mol. The Hall–Kier alpha value is -2.18. The Balaban J connectivity index is 1.69. The van der Waals surface area contributed by atoms with Crippen LogP contribution in [0, 0.1) is 5.82 Å². The lowest BCUT2D eigenvalue weighted by Crippen LogP contribution is -2.26. The second-order valence-corrected chi connectivity index (χ2v) is 5.78. The van der Waals surface area contributed by atoms with Crippen LogP contribution in [0.4, 0.5) is 10.1 Å². The number of hydrogen-bond acceptors (Lipinski definition) is 4. The number of amides is 1. The molecule has 1 fully saturated rings. The van der Waals surface area contributed by atoms with Gasteiger partial charge in [0, 0.05) is 19.0 Å². The lowest BCUT2D eigenvalue weighted by atomic mass is 10.1. The molecule has 1 saturated heterocycles. The zero-order chi connectivity index (χ0) is 16.9. The maximum Gasteiger partial charge on any atom is 0.257 e. The predicted molar refractivity (Wildman–Crippen MR) is 88.1 cm³/mol. The number of aromatic nitrogens is 1. The summed E-state index contributed by atoms with van der Waals surface area (Å²) < 4.78 is 24.6. The molecular formula is C17H16ClFN2O3. The minimum Gasteiger partial charge on any atom is -0.473 e. The molecule has 1 amide bonds. The SMILES string of the molecule is O=C(Nc1ccccc1F)c1cnc(OC2CCOCC2)c(Cl)c1. The van der Waals surface area contributed by atoms with E-state index in [1.807, 2.05) is 0 Å². The van der Waals surface area contributed by atoms with Crippen molar-refractivity contribution in [3.8, 4) is 5.88 Å². The van der Waals surface area contributed by atoms with Crippen LogP contribution in [0.1, 0.15) is 23.2 Å². The predicted octanol–water partition coefficient (Wildman–Crippen LogP) is 3.68. The first-order valence-electron chi connectivity index (χ1n) is 7.59. The van der Waals surface area contributed by atoms with E-state index in [2.05, 4.69) is 10.3 Å². The van der Waals surface area contributed by atoms with E-state index in [0.717, 1.165) is 12.8 Å². The van der Waals surface area contributed by atoms with Gasteiger partial charge in [0.05, 0.1) is 24.5 Å². The molecule has 7 heteroatoms. The molecule has 0 spiro atoms. The Morgan fingerprint density at radius 2 is 2.08 bits per heavy atom. The Labute approximate surface area is 143 Å². The molecule has 1 N–H and O–H groups in total. The number of carbonyl (C=O) groups is 1. The number of carbonyl (C=O) groups excluding carboxylic acids is 1. The van der Waals surface area contributed by atoms with Crippen LogP contribution in [0.25, 0.3) is 0 Å². The fraction of sp³-hybridized carbons (Fsp3) is 0.294. The van der Waals surface area contributed by atoms with E-state index in [-0.39, 0.29) is 28.3 Å². The molecule has 0 unspecified atom stereocenters. The Morgan fingerprint density at radius 1 is 1.33 bits per heavy atom. The van der Waals surface area contributed by atoms with E-state index in [0.29, 0.717) is 13.2 Å². The maximum absolute atomic E-state index is 13.6. The van der Waals surface area contributed by atoms with Gasteiger partial charge in [-0.2, -0.15) is 0 Å². The standard InChI is InChI=1S/C17H16ClFN2O3/c18-13-9-11(16(22)21-15-4-2-1-3-14(15)19)10-20-17(13)24-12-5-7-23-8-6-12/h1-4,9-10,12H,5-8H2,(H,21,22). The Kier molecular flexibility index (Phi) is 5.27. The third-order valence-electron chi connectivity index (χ3n) is 3.64. The van der Waals surface area contributed by atoms with Gasteiger partial charge < -0.3 is 14.8 Å². The number of pyridine rings is 1. The zero-order valence-corrected chi connectivity index (χ0v) is 13.6. The van der Waals surface area contributed by atoms with Gasteiger partial charge in [-0.05, 0) is 18.2 Å². The lowest BCUT2D eigenvalue weighted by Gasteiger charge is -2.23. The van der Waals surface area contributed by atoms with Crippen LogP contribution in [0.2, 0.25) is 5.02 Å². The molecule has 126 valence electrons. The van der Waals surface area contributed by atoms with Crippen LogP contribution in [0.5, 0.6) is 5.88 Å². The molecule has 1 aliphatic rings. The van der Waals surface area contributed by atoms with Gasteiger partial charge in [-0.1, -0.05) is 23.7 Å². The molecule has 0 saturated carbocycles. The monoisotopic (exact) mass is 350 g/mol. The van der Waals surface area contributed by atoms with E-state index in [1.165, 1.54) is 24.4 Å². The van der Waals surface area contributed by atoms with Gasteiger partial charge in [0.2, 0.25) is 5.88 Å². The number of nitrogens with zero attached hydrogens (tertiary/aromatic N) is 1. The molecule has 0 radical (unpaired) electrons. The van der Waals surface area contributed by atoms with E-state index in [9.17, 15) is 9.18 Å². The van der Waals surface area contributed by atoms with Gasteiger partial charge in [-0.25, -0.2) is 9.37 Å². The largest absolute Gasteiger partial charge is 0.473 e. The van der Waals surface area contributed by atoms with Crippen molar-refractivity contribution in [2.45, 2.75) is 18.9 Å². The summed E-state index contributed by atoms with van der Waals surface area (Å²) in [5.74, 6) is -0.720. The van der Waals surface area contributed by atoms with Gasteiger partial charge in [-0.15, -0.1) is 0 Å². The summed E-state index contributed by atoms with van der Waals surface area (Å²) in [4.78, 5) is 16.3. The molecule has 5 nitrogen and oxygen atoms in total. The van der Waals surface area contributed by atoms with Gasteiger partial charge in [-0.3, -0.25) is 4.79 Å². The average Bonchev–Trinajstić information content (AvgIpc) is 2.59. The van der Waals surface area contributed by atoms with E-state index < -0.39 is 11.7 Å². The summed E-state index contributed by atoms with van der Waals surface area (Å²) in [6, 6.07) is 7.39. The second-order valence-electron chi connectivity index (χ2n) is 5.37. The third-order valence-corrected chi connectivity index (χ3v) is 3.91. The molecule has 3 rings (SSSR count). The van der Waals surface area contributed by atoms with Crippen LogP contribution in [-0.2, 0) is 4.74 Å². The number of para-hydroxylation sites is 1. The first kappa shape index (κ1) is 16.7. The van der Waals surface area contributed by atoms with Gasteiger partial charge in [0.15, 0.2) is 0 Å². The van der Waals surface area contributed by atoms with Crippen molar-refractivity contribution in [2.75, 3.05) is 18.5 Å². The van der Waals surface area contributed by atoms with Crippen LogP contribution in [-0.4, -0.2) is 30.2 Å². The summed E-state index contributed by atoms with van der Waals surface area (Å²) in [5.41, 5.74) is 0.323. The molecule has 24 heavy (non-hydrogen) atoms. The van der Waals surface area contributed by atoms with E-state index >= 15 is 0 Å². The number of benzene rings is 1. The molecule has 0 bridgehead atoms. The Bertz CT molecular complexity index is 736. The highest BCUT2D eigenvalue weighted by atomic mass is 35.5. The molecule has 0 aliphatic carbocycles. The maximum atomic E-state index is 13.6. The fourth-order valence-corrected chi connectivity index (χ4v) is 2.56. The topological polar surface area (TPSA) is 60.5 Å². The minimum absolute atomic E-state index is 0.00170. The van der Waals surface area contributed by atoms with Gasteiger partial charge >= 0.3 is 0 Å². The number of halogens is 2. The Morgan fingerprint density at radius 3 is 2.79 bits per heavy atom. The van der Waals surface area contributed by atoms with Crippen molar-refractivity contribution >= 4 is 23.2 Å². The van der Waals surface area contributed by atoms with Crippen LogP contribution < -0.4 is 10.1 Å². The summed E-state index contributed by atoms with van der Waals surface area (Å²) in [5, 5.41) is 2.72. The number of rotatable bonds is 4. The van der Waals surface area contributed by atoms with Crippen LogP contribution >= 0.6 is 11.6 Å². The smallest absolute Gasteiger partial charge is 0.257 e. The van der Waals surface area contributed by atoms with Gasteiger partial charge in [0.1, 0.15) is 16.9 Å². The summed E-state index contributed by atoms with van der Waals surface area (Å²) in [6.45, 7) is 1.29. The highest BCUT2D eigenvalue weighted by Gasteiger charge is 2.18. The first-order chi connectivity index (χ1) is 11.6. The molecule has 0 atom stereocenters. The third kappa shape index (κ3) is 4.01. The average molecular weight is 351 g/mol. The summed E-state index contributed by atoms with van der Waals surface area (Å²) >= 11 is 6.15. The molecule has 1 aliphatic heterocycles. The van der Waals surface area contributed by atoms with Crippen molar-refractivity contribution in [3.63, 3.8) is 0 Å². The highest BCUT2D eigenvalue weighted by Crippen LogP contribution is 2.26. The number of anilines is 1. The number of nitrogens with one attached hydrogen (secondary N) is 1. The number of ether oxygens (including phenoxy) is 2. The van der Waals surface area contributed by atoms with E-state index in [1.54, 1.807) is 12.1 Å². The molecule has 2 heterocycles. The number of hydrogen-bond donors (Lipinski definition) is 1. The molecule has 1 aromatic heterocycles. The van der Waals surface area contributed by atoms with Crippen molar-refractivity contribution in [1.29, 1.82) is 0 Å². The molecule has 2 aromatic rings. The normalized spacial score (nSPS) is 15.1. The molecule has 1 aromatic carbocycles. The van der Waals surface area contributed by atoms with Crippen molar-refractivity contribution in [1.82, 2.24) is 4.98 Å². The zero-order valence-electron chi connectivity index (χ0n) is 12.8. The summed E-state index contributed by atoms with van der Waals surface area (Å²) in [7, 11) is 0.